The second-order valence-electron chi connectivity index (χ2n) is 5.01. The van der Waals surface area contributed by atoms with E-state index in [0.29, 0.717) is 16.5 Å². The molecular formula is C17H16ClN2O4-. The van der Waals surface area contributed by atoms with Crippen molar-refractivity contribution in [2.45, 2.75) is 12.5 Å². The number of aliphatic carboxylic acids is 1. The van der Waals surface area contributed by atoms with Crippen LogP contribution in [-0.4, -0.2) is 25.2 Å². The van der Waals surface area contributed by atoms with Crippen LogP contribution in [-0.2, 0) is 11.2 Å². The molecule has 0 aliphatic carbocycles. The van der Waals surface area contributed by atoms with Crippen molar-refractivity contribution in [1.29, 1.82) is 0 Å². The number of hydrogen-bond donors (Lipinski definition) is 2. The molecule has 2 aromatic rings. The van der Waals surface area contributed by atoms with Crippen LogP contribution in [0.5, 0.6) is 5.75 Å². The number of methoxy groups -OCH3 is 1. The summed E-state index contributed by atoms with van der Waals surface area (Å²) in [6, 6.07) is 11.8. The summed E-state index contributed by atoms with van der Waals surface area (Å²) in [5, 5.41) is 16.5. The highest BCUT2D eigenvalue weighted by molar-refractivity contribution is 6.32. The highest BCUT2D eigenvalue weighted by atomic mass is 35.5. The minimum atomic E-state index is -1.36. The van der Waals surface area contributed by atoms with Gasteiger partial charge in [-0.3, -0.25) is 0 Å². The van der Waals surface area contributed by atoms with Gasteiger partial charge in [-0.2, -0.15) is 0 Å². The summed E-state index contributed by atoms with van der Waals surface area (Å²) in [5.41, 5.74) is 1.19. The van der Waals surface area contributed by atoms with Crippen LogP contribution in [0.1, 0.15) is 5.56 Å². The number of carboxylic acids is 1. The molecule has 0 aromatic heterocycles. The summed E-state index contributed by atoms with van der Waals surface area (Å²) in [6.07, 6.45) is 0.125. The molecule has 0 saturated heterocycles. The van der Waals surface area contributed by atoms with Gasteiger partial charge in [0.25, 0.3) is 0 Å². The number of carbonyl (C=O) groups excluding carboxylic acids is 2. The van der Waals surface area contributed by atoms with Crippen molar-refractivity contribution < 1.29 is 19.4 Å². The third-order valence-corrected chi connectivity index (χ3v) is 3.58. The van der Waals surface area contributed by atoms with E-state index in [1.807, 2.05) is 6.07 Å². The standard InChI is InChI=1S/C17H17ClN2O4/c1-24-15-8-7-12(10-13(15)18)19-17(23)20-14(16(21)22)9-11-5-3-2-4-6-11/h2-8,10,14H,9H2,1H3,(H,21,22)(H2,19,20,23)/p-1/t14-/m0/s1. The van der Waals surface area contributed by atoms with Crippen molar-refractivity contribution in [2.24, 2.45) is 0 Å². The first kappa shape index (κ1) is 17.6. The average molecular weight is 348 g/mol. The second-order valence-corrected chi connectivity index (χ2v) is 5.42. The van der Waals surface area contributed by atoms with Crippen molar-refractivity contribution >= 4 is 29.3 Å². The van der Waals surface area contributed by atoms with Crippen LogP contribution < -0.4 is 20.5 Å². The number of carbonyl (C=O) groups is 2. The molecule has 0 unspecified atom stereocenters. The number of carboxylic acid groups (broad SMARTS) is 1. The predicted octanol–water partition coefficient (Wildman–Crippen LogP) is 1.83. The lowest BCUT2D eigenvalue weighted by Gasteiger charge is -2.20. The van der Waals surface area contributed by atoms with Crippen LogP contribution in [0.25, 0.3) is 0 Å². The van der Waals surface area contributed by atoms with Crippen LogP contribution in [0.3, 0.4) is 0 Å². The van der Waals surface area contributed by atoms with Crippen molar-refractivity contribution in [3.63, 3.8) is 0 Å². The maximum atomic E-state index is 12.0. The van der Waals surface area contributed by atoms with Gasteiger partial charge < -0.3 is 25.3 Å². The number of anilines is 1. The van der Waals surface area contributed by atoms with Crippen LogP contribution in [0.4, 0.5) is 10.5 Å². The quantitative estimate of drug-likeness (QED) is 0.834. The number of rotatable bonds is 6. The van der Waals surface area contributed by atoms with E-state index < -0.39 is 18.0 Å². The molecule has 2 N–H and O–H groups in total. The molecule has 7 heteroatoms. The van der Waals surface area contributed by atoms with E-state index in [2.05, 4.69) is 10.6 Å². The summed E-state index contributed by atoms with van der Waals surface area (Å²) in [7, 11) is 1.48. The highest BCUT2D eigenvalue weighted by Crippen LogP contribution is 2.27. The lowest BCUT2D eigenvalue weighted by atomic mass is 10.1. The van der Waals surface area contributed by atoms with Gasteiger partial charge in [0.2, 0.25) is 0 Å². The lowest BCUT2D eigenvalue weighted by Crippen LogP contribution is -2.50. The number of urea groups is 1. The van der Waals surface area contributed by atoms with Crippen molar-refractivity contribution in [2.75, 3.05) is 12.4 Å². The Morgan fingerprint density at radius 2 is 1.92 bits per heavy atom. The molecule has 24 heavy (non-hydrogen) atoms. The van der Waals surface area contributed by atoms with Gasteiger partial charge in [0.1, 0.15) is 5.75 Å². The molecule has 6 nitrogen and oxygen atoms in total. The maximum Gasteiger partial charge on any atom is 0.319 e. The van der Waals surface area contributed by atoms with Gasteiger partial charge in [-0.05, 0) is 30.2 Å². The third-order valence-electron chi connectivity index (χ3n) is 3.28. The van der Waals surface area contributed by atoms with Crippen molar-refractivity contribution in [1.82, 2.24) is 5.32 Å². The van der Waals surface area contributed by atoms with Gasteiger partial charge in [0, 0.05) is 5.69 Å². The second kappa shape index (κ2) is 8.21. The Labute approximate surface area is 144 Å². The largest absolute Gasteiger partial charge is 0.548 e. The summed E-state index contributed by atoms with van der Waals surface area (Å²) < 4.78 is 5.02. The molecule has 1 atom stereocenters. The highest BCUT2D eigenvalue weighted by Gasteiger charge is 2.14. The number of ether oxygens (including phenoxy) is 1. The Hall–Kier alpha value is -2.73. The van der Waals surface area contributed by atoms with E-state index in [9.17, 15) is 14.7 Å². The van der Waals surface area contributed by atoms with Crippen LogP contribution in [0.15, 0.2) is 48.5 Å². The molecule has 2 aromatic carbocycles. The van der Waals surface area contributed by atoms with E-state index in [1.165, 1.54) is 13.2 Å². The van der Waals surface area contributed by atoms with E-state index in [4.69, 9.17) is 16.3 Å². The number of hydrogen-bond acceptors (Lipinski definition) is 4. The summed E-state index contributed by atoms with van der Waals surface area (Å²) in [6.45, 7) is 0. The Morgan fingerprint density at radius 1 is 1.21 bits per heavy atom. The maximum absolute atomic E-state index is 12.0. The summed E-state index contributed by atoms with van der Waals surface area (Å²) >= 11 is 5.98. The Balaban J connectivity index is 2.00. The Bertz CT molecular complexity index is 722. The Morgan fingerprint density at radius 3 is 2.50 bits per heavy atom. The first-order valence-electron chi connectivity index (χ1n) is 7.15. The minimum Gasteiger partial charge on any atom is -0.548 e. The first-order valence-corrected chi connectivity index (χ1v) is 7.53. The molecule has 0 fully saturated rings. The van der Waals surface area contributed by atoms with Crippen LogP contribution in [0, 0.1) is 0 Å². The number of halogens is 1. The van der Waals surface area contributed by atoms with Crippen molar-refractivity contribution in [3.05, 3.63) is 59.1 Å². The fraction of sp³-hybridized carbons (Fsp3) is 0.176. The monoisotopic (exact) mass is 347 g/mol. The molecule has 0 radical (unpaired) electrons. The number of nitrogens with one attached hydrogen (secondary N) is 2. The van der Waals surface area contributed by atoms with Crippen LogP contribution >= 0.6 is 11.6 Å². The number of amides is 2. The van der Waals surface area contributed by atoms with Gasteiger partial charge in [0.05, 0.1) is 24.1 Å². The zero-order valence-electron chi connectivity index (χ0n) is 12.9. The molecular weight excluding hydrogens is 332 g/mol. The van der Waals surface area contributed by atoms with Gasteiger partial charge in [-0.15, -0.1) is 0 Å². The average Bonchev–Trinajstić information content (AvgIpc) is 2.55. The van der Waals surface area contributed by atoms with E-state index >= 15 is 0 Å². The zero-order chi connectivity index (χ0) is 17.5. The lowest BCUT2D eigenvalue weighted by molar-refractivity contribution is -0.308. The summed E-state index contributed by atoms with van der Waals surface area (Å²) in [5.74, 6) is -0.888. The molecule has 0 spiro atoms. The molecule has 0 bridgehead atoms. The smallest absolute Gasteiger partial charge is 0.319 e. The molecule has 126 valence electrons. The molecule has 0 aliphatic rings. The van der Waals surface area contributed by atoms with E-state index in [0.717, 1.165) is 5.56 Å². The SMILES string of the molecule is COc1ccc(NC(=O)N[C@@H](Cc2ccccc2)C(=O)[O-])cc1Cl. The van der Waals surface area contributed by atoms with Gasteiger partial charge in [-0.1, -0.05) is 41.9 Å². The fourth-order valence-corrected chi connectivity index (χ4v) is 2.37. The molecule has 2 amide bonds. The molecule has 0 aliphatic heterocycles. The molecule has 2 rings (SSSR count). The first-order chi connectivity index (χ1) is 11.5. The fourth-order valence-electron chi connectivity index (χ4n) is 2.11. The van der Waals surface area contributed by atoms with E-state index in [-0.39, 0.29) is 6.42 Å². The molecule has 0 saturated carbocycles. The minimum absolute atomic E-state index is 0.125. The van der Waals surface area contributed by atoms with Crippen molar-refractivity contribution in [3.8, 4) is 5.75 Å². The Kier molecular flexibility index (Phi) is 6.03. The third kappa shape index (κ3) is 4.89. The summed E-state index contributed by atoms with van der Waals surface area (Å²) in [4.78, 5) is 23.2. The van der Waals surface area contributed by atoms with Gasteiger partial charge >= 0.3 is 6.03 Å². The number of benzene rings is 2. The van der Waals surface area contributed by atoms with E-state index in [1.54, 1.807) is 36.4 Å². The van der Waals surface area contributed by atoms with Crippen LogP contribution in [0.2, 0.25) is 5.02 Å². The predicted molar refractivity (Wildman–Crippen MR) is 89.1 cm³/mol. The topological polar surface area (TPSA) is 90.5 Å². The van der Waals surface area contributed by atoms with Gasteiger partial charge in [-0.25, -0.2) is 4.79 Å². The zero-order valence-corrected chi connectivity index (χ0v) is 13.7. The van der Waals surface area contributed by atoms with Gasteiger partial charge in [0.15, 0.2) is 0 Å². The molecule has 0 heterocycles. The normalized spacial score (nSPS) is 11.4.